The predicted molar refractivity (Wildman–Crippen MR) is 86.3 cm³/mol. The highest BCUT2D eigenvalue weighted by molar-refractivity contribution is 5.73. The molecule has 2 aromatic rings. The highest BCUT2D eigenvalue weighted by Gasteiger charge is 2.33. The third kappa shape index (κ3) is 3.19. The van der Waals surface area contributed by atoms with Gasteiger partial charge in [0.05, 0.1) is 13.1 Å². The van der Waals surface area contributed by atoms with Crippen molar-refractivity contribution < 1.29 is 9.90 Å². The van der Waals surface area contributed by atoms with Crippen LogP contribution < -0.4 is 4.90 Å². The Morgan fingerprint density at radius 2 is 2.09 bits per heavy atom. The van der Waals surface area contributed by atoms with Crippen LogP contribution in [0, 0.1) is 6.92 Å². The van der Waals surface area contributed by atoms with Crippen molar-refractivity contribution in [3.8, 4) is 0 Å². The molecule has 0 fully saturated rings. The molecule has 0 saturated carbocycles. The number of aromatic nitrogens is 3. The molecule has 1 aromatic heterocycles. The van der Waals surface area contributed by atoms with E-state index in [1.165, 1.54) is 0 Å². The highest BCUT2D eigenvalue weighted by Crippen LogP contribution is 2.18. The fraction of sp³-hybridized carbons (Fsp3) is 0.438. The van der Waals surface area contributed by atoms with Crippen molar-refractivity contribution in [3.63, 3.8) is 0 Å². The van der Waals surface area contributed by atoms with Crippen LogP contribution in [0.5, 0.6) is 0 Å². The molecule has 0 bridgehead atoms. The number of carboxylic acid groups (broad SMARTS) is 1. The molecule has 1 N–H and O–H groups in total. The van der Waals surface area contributed by atoms with Crippen LogP contribution in [0.3, 0.4) is 0 Å². The highest BCUT2D eigenvalue weighted by atomic mass is 16.4. The molecule has 7 heteroatoms. The van der Waals surface area contributed by atoms with E-state index in [0.29, 0.717) is 19.6 Å². The predicted octanol–water partition coefficient (Wildman–Crippen LogP) is 0.992. The second kappa shape index (κ2) is 6.37. The van der Waals surface area contributed by atoms with Gasteiger partial charge in [-0.05, 0) is 19.1 Å². The lowest BCUT2D eigenvalue weighted by Crippen LogP contribution is -2.50. The van der Waals surface area contributed by atoms with Gasteiger partial charge in [-0.15, -0.1) is 10.2 Å². The van der Waals surface area contributed by atoms with E-state index in [9.17, 15) is 9.90 Å². The number of benzene rings is 1. The van der Waals surface area contributed by atoms with Gasteiger partial charge in [0.25, 0.3) is 0 Å². The first-order chi connectivity index (χ1) is 11.1. The number of anilines is 1. The Labute approximate surface area is 135 Å². The minimum atomic E-state index is -0.800. The van der Waals surface area contributed by atoms with E-state index in [2.05, 4.69) is 15.1 Å². The van der Waals surface area contributed by atoms with Crippen LogP contribution in [-0.2, 0) is 17.9 Å². The Kier molecular flexibility index (Phi) is 4.29. The van der Waals surface area contributed by atoms with Gasteiger partial charge in [-0.3, -0.25) is 9.69 Å². The molecular weight excluding hydrogens is 294 g/mol. The summed E-state index contributed by atoms with van der Waals surface area (Å²) in [6.07, 6.45) is 0. The third-order valence-corrected chi connectivity index (χ3v) is 4.36. The summed E-state index contributed by atoms with van der Waals surface area (Å²) in [5.74, 6) is 0.806. The minimum Gasteiger partial charge on any atom is -0.480 e. The number of fused-ring (bicyclic) bond motifs is 1. The second-order valence-electron chi connectivity index (χ2n) is 5.86. The van der Waals surface area contributed by atoms with Gasteiger partial charge >= 0.3 is 5.97 Å². The zero-order valence-corrected chi connectivity index (χ0v) is 13.4. The number of aryl methyl sites for hydroxylation is 1. The quantitative estimate of drug-likeness (QED) is 0.887. The normalized spacial score (nSPS) is 17.7. The molecule has 0 aliphatic carbocycles. The number of carboxylic acids is 1. The molecule has 1 aliphatic heterocycles. The monoisotopic (exact) mass is 315 g/mol. The SMILES string of the molecule is Cc1nnc2n1CC(C(=O)O)N(CCN(C)c1ccccc1)C2. The Morgan fingerprint density at radius 3 is 2.78 bits per heavy atom. The van der Waals surface area contributed by atoms with Gasteiger partial charge in [0.15, 0.2) is 0 Å². The third-order valence-electron chi connectivity index (χ3n) is 4.36. The molecule has 23 heavy (non-hydrogen) atoms. The molecule has 0 spiro atoms. The summed E-state index contributed by atoms with van der Waals surface area (Å²) in [5, 5.41) is 17.7. The number of hydrogen-bond acceptors (Lipinski definition) is 5. The summed E-state index contributed by atoms with van der Waals surface area (Å²) in [6, 6.07) is 9.53. The molecule has 1 unspecified atom stereocenters. The van der Waals surface area contributed by atoms with E-state index in [1.54, 1.807) is 0 Å². The molecule has 0 radical (unpaired) electrons. The van der Waals surface area contributed by atoms with E-state index < -0.39 is 12.0 Å². The van der Waals surface area contributed by atoms with Crippen molar-refractivity contribution in [2.75, 3.05) is 25.0 Å². The molecule has 3 rings (SSSR count). The van der Waals surface area contributed by atoms with E-state index in [0.717, 1.165) is 23.9 Å². The Bertz CT molecular complexity index is 685. The van der Waals surface area contributed by atoms with Crippen LogP contribution in [-0.4, -0.2) is 56.9 Å². The van der Waals surface area contributed by atoms with Crippen molar-refractivity contribution in [1.82, 2.24) is 19.7 Å². The lowest BCUT2D eigenvalue weighted by Gasteiger charge is -2.34. The molecular formula is C16H21N5O2. The summed E-state index contributed by atoms with van der Waals surface area (Å²) >= 11 is 0. The Balaban J connectivity index is 1.70. The van der Waals surface area contributed by atoms with Crippen LogP contribution >= 0.6 is 0 Å². The fourth-order valence-corrected chi connectivity index (χ4v) is 2.92. The summed E-state index contributed by atoms with van der Waals surface area (Å²) in [6.45, 7) is 4.18. The molecule has 1 atom stereocenters. The van der Waals surface area contributed by atoms with E-state index in [4.69, 9.17) is 0 Å². The van der Waals surface area contributed by atoms with Crippen LogP contribution in [0.4, 0.5) is 5.69 Å². The van der Waals surface area contributed by atoms with Gasteiger partial charge in [-0.1, -0.05) is 18.2 Å². The first-order valence-corrected chi connectivity index (χ1v) is 7.68. The maximum absolute atomic E-state index is 11.6. The van der Waals surface area contributed by atoms with Crippen molar-refractivity contribution in [3.05, 3.63) is 42.0 Å². The summed E-state index contributed by atoms with van der Waals surface area (Å²) < 4.78 is 1.90. The van der Waals surface area contributed by atoms with Crippen LogP contribution in [0.2, 0.25) is 0 Å². The second-order valence-corrected chi connectivity index (χ2v) is 5.86. The summed E-state index contributed by atoms with van der Waals surface area (Å²) in [4.78, 5) is 15.7. The largest absolute Gasteiger partial charge is 0.480 e. The van der Waals surface area contributed by atoms with Gasteiger partial charge in [-0.2, -0.15) is 0 Å². The molecule has 7 nitrogen and oxygen atoms in total. The molecule has 0 amide bonds. The summed E-state index contributed by atoms with van der Waals surface area (Å²) in [5.41, 5.74) is 1.12. The number of hydrogen-bond donors (Lipinski definition) is 1. The average molecular weight is 315 g/mol. The first-order valence-electron chi connectivity index (χ1n) is 7.68. The minimum absolute atomic E-state index is 0.401. The topological polar surface area (TPSA) is 74.5 Å². The maximum Gasteiger partial charge on any atom is 0.322 e. The Morgan fingerprint density at radius 1 is 1.35 bits per heavy atom. The Hall–Kier alpha value is -2.41. The summed E-state index contributed by atoms with van der Waals surface area (Å²) in [7, 11) is 2.02. The molecule has 122 valence electrons. The van der Waals surface area contributed by atoms with Gasteiger partial charge in [0.1, 0.15) is 17.7 Å². The lowest BCUT2D eigenvalue weighted by molar-refractivity contribution is -0.144. The number of aliphatic carboxylic acids is 1. The van der Waals surface area contributed by atoms with Crippen molar-refractivity contribution in [2.24, 2.45) is 0 Å². The van der Waals surface area contributed by atoms with Crippen LogP contribution in [0.1, 0.15) is 11.6 Å². The molecule has 2 heterocycles. The van der Waals surface area contributed by atoms with Gasteiger partial charge in [0, 0.05) is 25.8 Å². The number of likely N-dealkylation sites (N-methyl/N-ethyl adjacent to an activating group) is 1. The fourth-order valence-electron chi connectivity index (χ4n) is 2.92. The van der Waals surface area contributed by atoms with Crippen molar-refractivity contribution >= 4 is 11.7 Å². The van der Waals surface area contributed by atoms with Gasteiger partial charge in [-0.25, -0.2) is 0 Å². The van der Waals surface area contributed by atoms with Crippen LogP contribution in [0.15, 0.2) is 30.3 Å². The number of rotatable bonds is 5. The average Bonchev–Trinajstić information content (AvgIpc) is 2.93. The number of carbonyl (C=O) groups is 1. The van der Waals surface area contributed by atoms with Crippen molar-refractivity contribution in [2.45, 2.75) is 26.1 Å². The smallest absolute Gasteiger partial charge is 0.322 e. The molecule has 1 aliphatic rings. The molecule has 1 aromatic carbocycles. The van der Waals surface area contributed by atoms with Gasteiger partial charge in [0.2, 0.25) is 0 Å². The first kappa shape index (κ1) is 15.5. The number of nitrogens with zero attached hydrogens (tertiary/aromatic N) is 5. The maximum atomic E-state index is 11.6. The standard InChI is InChI=1S/C16H21N5O2/c1-12-17-18-15-11-20(14(16(22)23)10-21(12)15)9-8-19(2)13-6-4-3-5-7-13/h3-7,14H,8-11H2,1-2H3,(H,22,23). The van der Waals surface area contributed by atoms with E-state index >= 15 is 0 Å². The van der Waals surface area contributed by atoms with E-state index in [-0.39, 0.29) is 0 Å². The number of para-hydroxylation sites is 1. The van der Waals surface area contributed by atoms with Crippen LogP contribution in [0.25, 0.3) is 0 Å². The van der Waals surface area contributed by atoms with Gasteiger partial charge < -0.3 is 14.6 Å². The van der Waals surface area contributed by atoms with Crippen molar-refractivity contribution in [1.29, 1.82) is 0 Å². The lowest BCUT2D eigenvalue weighted by atomic mass is 10.2. The molecule has 0 saturated heterocycles. The van der Waals surface area contributed by atoms with E-state index in [1.807, 2.05) is 53.8 Å². The zero-order chi connectivity index (χ0) is 16.4. The zero-order valence-electron chi connectivity index (χ0n) is 13.4.